The van der Waals surface area contributed by atoms with Gasteiger partial charge >= 0.3 is 0 Å². The molecule has 1 rings (SSSR count). The zero-order chi connectivity index (χ0) is 14.7. The number of hydrogen-bond donors (Lipinski definition) is 1. The van der Waals surface area contributed by atoms with E-state index in [1.54, 1.807) is 0 Å². The molecule has 0 saturated carbocycles. The summed E-state index contributed by atoms with van der Waals surface area (Å²) in [7, 11) is 1.81. The van der Waals surface area contributed by atoms with Crippen molar-refractivity contribution in [3.63, 3.8) is 0 Å². The summed E-state index contributed by atoms with van der Waals surface area (Å²) in [6.07, 6.45) is 2.35. The second-order valence-corrected chi connectivity index (χ2v) is 7.68. The predicted molar refractivity (Wildman–Crippen MR) is 82.6 cm³/mol. The monoisotopic (exact) mass is 270 g/mol. The minimum Gasteiger partial charge on any atom is -0.379 e. The van der Waals surface area contributed by atoms with Crippen molar-refractivity contribution >= 4 is 0 Å². The van der Waals surface area contributed by atoms with E-state index in [1.165, 1.54) is 6.42 Å². The summed E-state index contributed by atoms with van der Waals surface area (Å²) in [4.78, 5) is 2.64. The highest BCUT2D eigenvalue weighted by molar-refractivity contribution is 4.93. The Morgan fingerprint density at radius 3 is 2.53 bits per heavy atom. The molecule has 1 fully saturated rings. The van der Waals surface area contributed by atoms with Crippen molar-refractivity contribution < 1.29 is 4.74 Å². The molecule has 0 aliphatic carbocycles. The van der Waals surface area contributed by atoms with E-state index in [2.05, 4.69) is 51.8 Å². The molecular weight excluding hydrogens is 236 g/mol. The Balaban J connectivity index is 2.56. The number of ether oxygens (including phenoxy) is 1. The van der Waals surface area contributed by atoms with Crippen molar-refractivity contribution in [2.75, 3.05) is 26.7 Å². The Labute approximate surface area is 120 Å². The van der Waals surface area contributed by atoms with Crippen LogP contribution >= 0.6 is 0 Å². The van der Waals surface area contributed by atoms with Gasteiger partial charge in [-0.2, -0.15) is 0 Å². The molecule has 114 valence electrons. The van der Waals surface area contributed by atoms with Crippen LogP contribution in [0.2, 0.25) is 0 Å². The van der Waals surface area contributed by atoms with Crippen LogP contribution in [0.15, 0.2) is 0 Å². The van der Waals surface area contributed by atoms with Crippen LogP contribution in [0, 0.1) is 5.92 Å². The van der Waals surface area contributed by atoms with Gasteiger partial charge in [0.2, 0.25) is 0 Å². The lowest BCUT2D eigenvalue weighted by Crippen LogP contribution is -2.62. The van der Waals surface area contributed by atoms with Gasteiger partial charge in [0.05, 0.1) is 5.60 Å². The maximum absolute atomic E-state index is 5.55. The first-order valence-corrected chi connectivity index (χ1v) is 7.70. The van der Waals surface area contributed by atoms with Crippen molar-refractivity contribution in [2.24, 2.45) is 5.92 Å². The molecule has 1 heterocycles. The van der Waals surface area contributed by atoms with E-state index in [0.717, 1.165) is 32.0 Å². The van der Waals surface area contributed by atoms with Crippen LogP contribution in [0.5, 0.6) is 0 Å². The zero-order valence-corrected chi connectivity index (χ0v) is 14.0. The molecule has 1 unspecified atom stereocenters. The van der Waals surface area contributed by atoms with Crippen LogP contribution in [-0.2, 0) is 4.74 Å². The summed E-state index contributed by atoms with van der Waals surface area (Å²) in [6, 6.07) is 0.638. The lowest BCUT2D eigenvalue weighted by atomic mass is 9.92. The van der Waals surface area contributed by atoms with Crippen molar-refractivity contribution in [3.8, 4) is 0 Å². The number of hydrogen-bond acceptors (Lipinski definition) is 3. The number of methoxy groups -OCH3 is 1. The number of rotatable bonds is 6. The first-order chi connectivity index (χ1) is 8.66. The Bertz CT molecular complexity index is 274. The quantitative estimate of drug-likeness (QED) is 0.803. The average molecular weight is 270 g/mol. The van der Waals surface area contributed by atoms with Gasteiger partial charge in [0.15, 0.2) is 0 Å². The molecule has 0 bridgehead atoms. The fourth-order valence-electron chi connectivity index (χ4n) is 2.71. The van der Waals surface area contributed by atoms with Gasteiger partial charge in [0.25, 0.3) is 0 Å². The highest BCUT2D eigenvalue weighted by Crippen LogP contribution is 2.23. The van der Waals surface area contributed by atoms with E-state index >= 15 is 0 Å². The third kappa shape index (κ3) is 5.41. The van der Waals surface area contributed by atoms with E-state index in [9.17, 15) is 0 Å². The molecule has 0 spiro atoms. The lowest BCUT2D eigenvalue weighted by Gasteiger charge is -2.47. The minimum absolute atomic E-state index is 0.0193. The Kier molecular flexibility index (Phi) is 5.84. The average Bonchev–Trinajstić information content (AvgIpc) is 2.29. The SMILES string of the molecule is COC(C)(C)CCN1CC(CC(C)C)NCC1(C)C. The van der Waals surface area contributed by atoms with Crippen LogP contribution < -0.4 is 5.32 Å². The van der Waals surface area contributed by atoms with Gasteiger partial charge in [-0.25, -0.2) is 0 Å². The van der Waals surface area contributed by atoms with E-state index in [0.29, 0.717) is 6.04 Å². The summed E-state index contributed by atoms with van der Waals surface area (Å²) < 4.78 is 5.55. The maximum Gasteiger partial charge on any atom is 0.0634 e. The fraction of sp³-hybridized carbons (Fsp3) is 1.00. The van der Waals surface area contributed by atoms with Crippen LogP contribution in [0.1, 0.15) is 54.4 Å². The van der Waals surface area contributed by atoms with Gasteiger partial charge in [0.1, 0.15) is 0 Å². The van der Waals surface area contributed by atoms with Crippen LogP contribution in [-0.4, -0.2) is 48.8 Å². The Hall–Kier alpha value is -0.120. The number of piperazine rings is 1. The molecule has 0 aromatic rings. The standard InChI is InChI=1S/C16H34N2O/c1-13(2)10-14-11-18(15(3,4)12-17-14)9-8-16(5,6)19-7/h13-14,17H,8-12H2,1-7H3. The Morgan fingerprint density at radius 2 is 2.00 bits per heavy atom. The first-order valence-electron chi connectivity index (χ1n) is 7.70. The molecule has 19 heavy (non-hydrogen) atoms. The molecular formula is C16H34N2O. The van der Waals surface area contributed by atoms with Crippen LogP contribution in [0.25, 0.3) is 0 Å². The summed E-state index contributed by atoms with van der Waals surface area (Å²) in [5.41, 5.74) is 0.228. The molecule has 1 atom stereocenters. The summed E-state index contributed by atoms with van der Waals surface area (Å²) in [5.74, 6) is 0.760. The highest BCUT2D eigenvalue weighted by Gasteiger charge is 2.34. The van der Waals surface area contributed by atoms with Gasteiger partial charge in [-0.3, -0.25) is 4.90 Å². The van der Waals surface area contributed by atoms with Crippen molar-refractivity contribution in [1.82, 2.24) is 10.2 Å². The molecule has 3 heteroatoms. The van der Waals surface area contributed by atoms with E-state index in [1.807, 2.05) is 7.11 Å². The topological polar surface area (TPSA) is 24.5 Å². The van der Waals surface area contributed by atoms with Crippen molar-refractivity contribution in [3.05, 3.63) is 0 Å². The normalized spacial score (nSPS) is 24.9. The fourth-order valence-corrected chi connectivity index (χ4v) is 2.71. The van der Waals surface area contributed by atoms with Crippen LogP contribution in [0.3, 0.4) is 0 Å². The number of nitrogens with zero attached hydrogens (tertiary/aromatic N) is 1. The zero-order valence-electron chi connectivity index (χ0n) is 14.0. The van der Waals surface area contributed by atoms with Gasteiger partial charge in [0, 0.05) is 38.3 Å². The van der Waals surface area contributed by atoms with Crippen molar-refractivity contribution in [2.45, 2.75) is 71.6 Å². The van der Waals surface area contributed by atoms with Gasteiger partial charge < -0.3 is 10.1 Å². The first kappa shape index (κ1) is 16.9. The Morgan fingerprint density at radius 1 is 1.37 bits per heavy atom. The maximum atomic E-state index is 5.55. The lowest BCUT2D eigenvalue weighted by molar-refractivity contribution is -0.0118. The van der Waals surface area contributed by atoms with Crippen LogP contribution in [0.4, 0.5) is 0 Å². The third-order valence-corrected chi connectivity index (χ3v) is 4.41. The summed E-state index contributed by atoms with van der Waals surface area (Å²) >= 11 is 0. The highest BCUT2D eigenvalue weighted by atomic mass is 16.5. The third-order valence-electron chi connectivity index (χ3n) is 4.41. The van der Waals surface area contributed by atoms with Gasteiger partial charge in [-0.05, 0) is 46.5 Å². The second kappa shape index (κ2) is 6.55. The smallest absolute Gasteiger partial charge is 0.0634 e. The molecule has 0 radical (unpaired) electrons. The molecule has 3 nitrogen and oxygen atoms in total. The summed E-state index contributed by atoms with van der Waals surface area (Å²) in [6.45, 7) is 17.0. The second-order valence-electron chi connectivity index (χ2n) is 7.68. The van der Waals surface area contributed by atoms with Gasteiger partial charge in [-0.15, -0.1) is 0 Å². The van der Waals surface area contributed by atoms with Crippen molar-refractivity contribution in [1.29, 1.82) is 0 Å². The molecule has 1 aliphatic heterocycles. The van der Waals surface area contributed by atoms with E-state index < -0.39 is 0 Å². The molecule has 1 N–H and O–H groups in total. The van der Waals surface area contributed by atoms with Gasteiger partial charge in [-0.1, -0.05) is 13.8 Å². The number of nitrogens with one attached hydrogen (secondary N) is 1. The predicted octanol–water partition coefficient (Wildman–Crippen LogP) is 2.90. The molecule has 1 aliphatic rings. The van der Waals surface area contributed by atoms with E-state index in [-0.39, 0.29) is 11.1 Å². The molecule has 0 aromatic heterocycles. The van der Waals surface area contributed by atoms with E-state index in [4.69, 9.17) is 4.74 Å². The summed E-state index contributed by atoms with van der Waals surface area (Å²) in [5, 5.41) is 3.71. The molecule has 0 amide bonds. The largest absolute Gasteiger partial charge is 0.379 e. The minimum atomic E-state index is -0.0193. The molecule has 0 aromatic carbocycles. The molecule has 1 saturated heterocycles.